The molecule has 236 valence electrons. The number of anilines is 2. The van der Waals surface area contributed by atoms with Gasteiger partial charge in [0.2, 0.25) is 11.7 Å². The van der Waals surface area contributed by atoms with Gasteiger partial charge in [0, 0.05) is 21.8 Å². The van der Waals surface area contributed by atoms with Gasteiger partial charge in [0.1, 0.15) is 5.70 Å². The first-order valence-electron chi connectivity index (χ1n) is 13.8. The quantitative estimate of drug-likeness (QED) is 0.109. The highest BCUT2D eigenvalue weighted by molar-refractivity contribution is 8.00. The Kier molecular flexibility index (Phi) is 11.4. The fraction of sp³-hybridized carbons (Fsp3) is 0.118. The fourth-order valence-electron chi connectivity index (χ4n) is 4.20. The normalized spacial score (nSPS) is 10.8. The summed E-state index contributed by atoms with van der Waals surface area (Å²) >= 11 is 1.27. The Morgan fingerprint density at radius 2 is 1.39 bits per heavy atom. The van der Waals surface area contributed by atoms with Gasteiger partial charge in [-0.3, -0.25) is 14.4 Å². The third kappa shape index (κ3) is 8.89. The minimum absolute atomic E-state index is 0.0368. The average molecular weight is 642 g/mol. The van der Waals surface area contributed by atoms with E-state index in [1.165, 1.54) is 51.3 Å². The second kappa shape index (κ2) is 15.8. The van der Waals surface area contributed by atoms with E-state index in [4.69, 9.17) is 19.3 Å². The average Bonchev–Trinajstić information content (AvgIpc) is 3.07. The zero-order valence-electron chi connectivity index (χ0n) is 25.2. The molecule has 4 aromatic carbocycles. The van der Waals surface area contributed by atoms with Crippen LogP contribution in [-0.4, -0.2) is 55.9 Å². The molecule has 0 atom stereocenters. The van der Waals surface area contributed by atoms with Crippen LogP contribution in [0.4, 0.5) is 11.4 Å². The summed E-state index contributed by atoms with van der Waals surface area (Å²) in [4.78, 5) is 50.8. The summed E-state index contributed by atoms with van der Waals surface area (Å²) in [6.45, 7) is 0. The number of hydrogen-bond acceptors (Lipinski definition) is 8. The van der Waals surface area contributed by atoms with Gasteiger partial charge in [0.15, 0.2) is 11.5 Å². The molecule has 4 aromatic rings. The lowest BCUT2D eigenvalue weighted by Crippen LogP contribution is -2.30. The molecule has 0 aliphatic heterocycles. The number of amides is 3. The summed E-state index contributed by atoms with van der Waals surface area (Å²) in [7, 11) is 4.44. The molecule has 0 aromatic heterocycles. The number of carboxylic acid groups (broad SMARTS) is 1. The number of carbonyl (C=O) groups is 4. The van der Waals surface area contributed by atoms with E-state index in [0.717, 1.165) is 4.90 Å². The molecular formula is C34H31N3O8S. The highest BCUT2D eigenvalue weighted by Gasteiger charge is 2.18. The Hall–Kier alpha value is -5.75. The number of benzene rings is 4. The number of hydrogen-bond donors (Lipinski definition) is 4. The van der Waals surface area contributed by atoms with Gasteiger partial charge in [-0.15, -0.1) is 11.8 Å². The molecule has 4 rings (SSSR count). The van der Waals surface area contributed by atoms with Crippen molar-refractivity contribution < 1.29 is 38.5 Å². The second-order valence-electron chi connectivity index (χ2n) is 9.54. The van der Waals surface area contributed by atoms with Gasteiger partial charge < -0.3 is 35.3 Å². The van der Waals surface area contributed by atoms with Crippen LogP contribution in [0, 0.1) is 0 Å². The van der Waals surface area contributed by atoms with Crippen LogP contribution in [0.5, 0.6) is 17.2 Å². The molecule has 11 nitrogen and oxygen atoms in total. The van der Waals surface area contributed by atoms with E-state index in [9.17, 15) is 19.2 Å². The molecule has 0 fully saturated rings. The number of carbonyl (C=O) groups excluding carboxylic acids is 3. The van der Waals surface area contributed by atoms with E-state index in [-0.39, 0.29) is 22.9 Å². The number of ether oxygens (including phenoxy) is 3. The van der Waals surface area contributed by atoms with E-state index in [2.05, 4.69) is 16.0 Å². The zero-order valence-corrected chi connectivity index (χ0v) is 26.0. The minimum atomic E-state index is -1.08. The van der Waals surface area contributed by atoms with Crippen molar-refractivity contribution in [2.75, 3.05) is 37.7 Å². The summed E-state index contributed by atoms with van der Waals surface area (Å²) in [5.74, 6) is -1.24. The van der Waals surface area contributed by atoms with Gasteiger partial charge in [-0.2, -0.15) is 0 Å². The number of methoxy groups -OCH3 is 3. The first kappa shape index (κ1) is 33.1. The molecule has 0 bridgehead atoms. The summed E-state index contributed by atoms with van der Waals surface area (Å²) in [5.41, 5.74) is 1.75. The SMILES string of the molecule is COc1cc(/C=C(\NC(=O)c2ccccc2)C(=O)Nc2ccc(SCC(=O)Nc3cccc(C(=O)O)c3)cc2)cc(OC)c1OC. The van der Waals surface area contributed by atoms with Crippen LogP contribution in [0.25, 0.3) is 6.08 Å². The van der Waals surface area contributed by atoms with Crippen molar-refractivity contribution in [3.8, 4) is 17.2 Å². The third-order valence-electron chi connectivity index (χ3n) is 6.40. The fourth-order valence-corrected chi connectivity index (χ4v) is 4.90. The summed E-state index contributed by atoms with van der Waals surface area (Å²) in [6.07, 6.45) is 1.50. The Morgan fingerprint density at radius 3 is 2.00 bits per heavy atom. The highest BCUT2D eigenvalue weighted by atomic mass is 32.2. The molecule has 46 heavy (non-hydrogen) atoms. The molecular weight excluding hydrogens is 610 g/mol. The van der Waals surface area contributed by atoms with E-state index >= 15 is 0 Å². The van der Waals surface area contributed by atoms with Gasteiger partial charge in [-0.1, -0.05) is 24.3 Å². The van der Waals surface area contributed by atoms with E-state index < -0.39 is 17.8 Å². The number of aromatic carboxylic acids is 1. The van der Waals surface area contributed by atoms with Crippen LogP contribution in [0.3, 0.4) is 0 Å². The molecule has 0 aliphatic carbocycles. The Morgan fingerprint density at radius 1 is 0.739 bits per heavy atom. The van der Waals surface area contributed by atoms with Crippen molar-refractivity contribution in [1.29, 1.82) is 0 Å². The van der Waals surface area contributed by atoms with Crippen molar-refractivity contribution in [3.63, 3.8) is 0 Å². The van der Waals surface area contributed by atoms with Gasteiger partial charge in [0.25, 0.3) is 11.8 Å². The van der Waals surface area contributed by atoms with Gasteiger partial charge in [-0.05, 0) is 78.4 Å². The van der Waals surface area contributed by atoms with Crippen molar-refractivity contribution >= 4 is 52.9 Å². The minimum Gasteiger partial charge on any atom is -0.493 e. The number of thioether (sulfide) groups is 1. The molecule has 4 N–H and O–H groups in total. The molecule has 3 amide bonds. The Bertz CT molecular complexity index is 1730. The van der Waals surface area contributed by atoms with Crippen LogP contribution in [-0.2, 0) is 9.59 Å². The lowest BCUT2D eigenvalue weighted by atomic mass is 10.1. The van der Waals surface area contributed by atoms with Gasteiger partial charge in [-0.25, -0.2) is 4.79 Å². The summed E-state index contributed by atoms with van der Waals surface area (Å²) in [6, 6.07) is 24.6. The van der Waals surface area contributed by atoms with Crippen LogP contribution in [0.1, 0.15) is 26.3 Å². The molecule has 0 saturated carbocycles. The molecule has 0 radical (unpaired) electrons. The second-order valence-corrected chi connectivity index (χ2v) is 10.6. The Balaban J connectivity index is 1.48. The third-order valence-corrected chi connectivity index (χ3v) is 7.41. The molecule has 12 heteroatoms. The molecule has 0 aliphatic rings. The van der Waals surface area contributed by atoms with E-state index in [0.29, 0.717) is 39.8 Å². The molecule has 0 spiro atoms. The number of nitrogens with one attached hydrogen (secondary N) is 3. The van der Waals surface area contributed by atoms with Gasteiger partial charge in [0.05, 0.1) is 32.6 Å². The van der Waals surface area contributed by atoms with Gasteiger partial charge >= 0.3 is 5.97 Å². The lowest BCUT2D eigenvalue weighted by molar-refractivity contribution is -0.114. The lowest BCUT2D eigenvalue weighted by Gasteiger charge is -2.15. The van der Waals surface area contributed by atoms with Crippen molar-refractivity contribution in [2.24, 2.45) is 0 Å². The molecule has 0 saturated heterocycles. The number of carboxylic acids is 1. The van der Waals surface area contributed by atoms with Crippen molar-refractivity contribution in [3.05, 3.63) is 113 Å². The van der Waals surface area contributed by atoms with Crippen LogP contribution in [0.15, 0.2) is 102 Å². The maximum Gasteiger partial charge on any atom is 0.335 e. The van der Waals surface area contributed by atoms with Crippen molar-refractivity contribution in [1.82, 2.24) is 5.32 Å². The van der Waals surface area contributed by atoms with Crippen LogP contribution in [0.2, 0.25) is 0 Å². The monoisotopic (exact) mass is 641 g/mol. The number of rotatable bonds is 13. The smallest absolute Gasteiger partial charge is 0.335 e. The molecule has 0 heterocycles. The zero-order chi connectivity index (χ0) is 33.1. The largest absolute Gasteiger partial charge is 0.493 e. The topological polar surface area (TPSA) is 152 Å². The first-order valence-corrected chi connectivity index (χ1v) is 14.7. The standard InChI is InChI=1S/C34H31N3O8S/c1-43-28-17-21(18-29(44-2)31(28)45-3)16-27(37-32(39)22-8-5-4-6-9-22)33(40)36-24-12-14-26(15-13-24)46-20-30(38)35-25-11-7-10-23(19-25)34(41)42/h4-19H,20H2,1-3H3,(H,35,38)(H,36,40)(H,37,39)(H,41,42)/b27-16-. The van der Waals surface area contributed by atoms with Crippen LogP contribution >= 0.6 is 11.8 Å². The Labute approximate surface area is 269 Å². The predicted octanol–water partition coefficient (Wildman–Crippen LogP) is 5.55. The predicted molar refractivity (Wildman–Crippen MR) is 176 cm³/mol. The van der Waals surface area contributed by atoms with Crippen molar-refractivity contribution in [2.45, 2.75) is 4.90 Å². The van der Waals surface area contributed by atoms with Crippen LogP contribution < -0.4 is 30.2 Å². The summed E-state index contributed by atoms with van der Waals surface area (Å²) in [5, 5.41) is 17.3. The van der Waals surface area contributed by atoms with E-state index in [1.54, 1.807) is 78.9 Å². The highest BCUT2D eigenvalue weighted by Crippen LogP contribution is 2.38. The summed E-state index contributed by atoms with van der Waals surface area (Å²) < 4.78 is 16.2. The maximum absolute atomic E-state index is 13.5. The first-order chi connectivity index (χ1) is 22.2. The maximum atomic E-state index is 13.5. The van der Waals surface area contributed by atoms with E-state index in [1.807, 2.05) is 0 Å². The molecule has 0 unspecified atom stereocenters.